The number of pyridine rings is 1. The quantitative estimate of drug-likeness (QED) is 0.754. The molecule has 2 aromatic rings. The second-order valence-corrected chi connectivity index (χ2v) is 5.44. The van der Waals surface area contributed by atoms with Crippen molar-refractivity contribution in [1.29, 1.82) is 0 Å². The van der Waals surface area contributed by atoms with E-state index in [0.29, 0.717) is 6.42 Å². The summed E-state index contributed by atoms with van der Waals surface area (Å²) in [7, 11) is 0. The predicted molar refractivity (Wildman–Crippen MR) is 80.4 cm³/mol. The van der Waals surface area contributed by atoms with Gasteiger partial charge in [-0.2, -0.15) is 0 Å². The SMILES string of the molecule is CCC(CC(=O)c1ccncc1)c1cccc(Br)c1. The minimum absolute atomic E-state index is 0.175. The Balaban J connectivity index is 2.14. The summed E-state index contributed by atoms with van der Waals surface area (Å²) >= 11 is 3.48. The minimum atomic E-state index is 0.175. The normalized spacial score (nSPS) is 12.1. The second-order valence-electron chi connectivity index (χ2n) is 4.52. The summed E-state index contributed by atoms with van der Waals surface area (Å²) in [5, 5.41) is 0. The maximum Gasteiger partial charge on any atom is 0.163 e. The van der Waals surface area contributed by atoms with Crippen LogP contribution in [0.4, 0.5) is 0 Å². The van der Waals surface area contributed by atoms with Crippen LogP contribution in [0.1, 0.15) is 41.6 Å². The molecule has 19 heavy (non-hydrogen) atoms. The topological polar surface area (TPSA) is 30.0 Å². The van der Waals surface area contributed by atoms with E-state index < -0.39 is 0 Å². The van der Waals surface area contributed by atoms with Gasteiger partial charge in [-0.25, -0.2) is 0 Å². The number of Topliss-reactive ketones (excluding diaryl/α,β-unsaturated/α-hetero) is 1. The van der Waals surface area contributed by atoms with Crippen LogP contribution in [-0.2, 0) is 0 Å². The fraction of sp³-hybridized carbons (Fsp3) is 0.250. The van der Waals surface area contributed by atoms with E-state index in [2.05, 4.69) is 40.0 Å². The van der Waals surface area contributed by atoms with Gasteiger partial charge in [0.05, 0.1) is 0 Å². The monoisotopic (exact) mass is 317 g/mol. The highest BCUT2D eigenvalue weighted by Gasteiger charge is 2.15. The molecule has 0 bridgehead atoms. The van der Waals surface area contributed by atoms with Gasteiger partial charge in [0.15, 0.2) is 5.78 Å². The average Bonchev–Trinajstić information content (AvgIpc) is 2.45. The largest absolute Gasteiger partial charge is 0.294 e. The van der Waals surface area contributed by atoms with Crippen molar-refractivity contribution in [2.45, 2.75) is 25.7 Å². The zero-order valence-corrected chi connectivity index (χ0v) is 12.4. The van der Waals surface area contributed by atoms with E-state index in [0.717, 1.165) is 16.5 Å². The van der Waals surface area contributed by atoms with Crippen LogP contribution in [0.25, 0.3) is 0 Å². The highest BCUT2D eigenvalue weighted by molar-refractivity contribution is 9.10. The van der Waals surface area contributed by atoms with Crippen molar-refractivity contribution in [2.24, 2.45) is 0 Å². The Kier molecular flexibility index (Phi) is 4.86. The Morgan fingerprint density at radius 2 is 2.00 bits per heavy atom. The smallest absolute Gasteiger partial charge is 0.163 e. The van der Waals surface area contributed by atoms with Crippen LogP contribution in [0, 0.1) is 0 Å². The number of ketones is 1. The first-order chi connectivity index (χ1) is 9.20. The van der Waals surface area contributed by atoms with Crippen molar-refractivity contribution in [3.63, 3.8) is 0 Å². The molecular formula is C16H16BrNO. The maximum atomic E-state index is 12.2. The molecule has 1 aromatic carbocycles. The molecule has 0 aliphatic rings. The van der Waals surface area contributed by atoms with Gasteiger partial charge in [-0.15, -0.1) is 0 Å². The molecule has 0 aliphatic heterocycles. The highest BCUT2D eigenvalue weighted by Crippen LogP contribution is 2.27. The zero-order chi connectivity index (χ0) is 13.7. The Labute approximate surface area is 122 Å². The summed E-state index contributed by atoms with van der Waals surface area (Å²) in [6.07, 6.45) is 4.81. The first kappa shape index (κ1) is 13.9. The average molecular weight is 318 g/mol. The molecule has 1 heterocycles. The number of aromatic nitrogens is 1. The van der Waals surface area contributed by atoms with Crippen molar-refractivity contribution in [3.8, 4) is 0 Å². The molecule has 0 spiro atoms. The van der Waals surface area contributed by atoms with Crippen molar-refractivity contribution in [3.05, 3.63) is 64.4 Å². The molecule has 0 aliphatic carbocycles. The lowest BCUT2D eigenvalue weighted by atomic mass is 9.90. The molecule has 98 valence electrons. The van der Waals surface area contributed by atoms with Gasteiger partial charge in [-0.1, -0.05) is 35.0 Å². The van der Waals surface area contributed by atoms with E-state index in [1.165, 1.54) is 5.56 Å². The zero-order valence-electron chi connectivity index (χ0n) is 10.8. The lowest BCUT2D eigenvalue weighted by Crippen LogP contribution is -2.07. The number of nitrogens with zero attached hydrogens (tertiary/aromatic N) is 1. The molecule has 2 rings (SSSR count). The van der Waals surface area contributed by atoms with Gasteiger partial charge < -0.3 is 0 Å². The number of halogens is 1. The molecular weight excluding hydrogens is 302 g/mol. The number of hydrogen-bond donors (Lipinski definition) is 0. The summed E-state index contributed by atoms with van der Waals surface area (Å²) < 4.78 is 1.06. The molecule has 3 heteroatoms. The van der Waals surface area contributed by atoms with Crippen LogP contribution in [-0.4, -0.2) is 10.8 Å². The Morgan fingerprint density at radius 3 is 2.63 bits per heavy atom. The Morgan fingerprint density at radius 1 is 1.26 bits per heavy atom. The van der Waals surface area contributed by atoms with Crippen LogP contribution in [0.3, 0.4) is 0 Å². The Bertz CT molecular complexity index is 554. The van der Waals surface area contributed by atoms with Gasteiger partial charge in [-0.3, -0.25) is 9.78 Å². The molecule has 0 N–H and O–H groups in total. The number of hydrogen-bond acceptors (Lipinski definition) is 2. The number of benzene rings is 1. The minimum Gasteiger partial charge on any atom is -0.294 e. The molecule has 1 atom stereocenters. The van der Waals surface area contributed by atoms with Gasteiger partial charge in [0.1, 0.15) is 0 Å². The number of carbonyl (C=O) groups excluding carboxylic acids is 1. The predicted octanol–water partition coefficient (Wildman–Crippen LogP) is 4.61. The summed E-state index contributed by atoms with van der Waals surface area (Å²) in [6.45, 7) is 2.12. The molecule has 1 unspecified atom stereocenters. The van der Waals surface area contributed by atoms with Crippen molar-refractivity contribution in [2.75, 3.05) is 0 Å². The van der Waals surface area contributed by atoms with Crippen LogP contribution < -0.4 is 0 Å². The fourth-order valence-corrected chi connectivity index (χ4v) is 2.55. The lowest BCUT2D eigenvalue weighted by molar-refractivity contribution is 0.0972. The first-order valence-electron chi connectivity index (χ1n) is 6.39. The van der Waals surface area contributed by atoms with Crippen molar-refractivity contribution >= 4 is 21.7 Å². The van der Waals surface area contributed by atoms with Crippen LogP contribution in [0.15, 0.2) is 53.3 Å². The summed E-state index contributed by atoms with van der Waals surface area (Å²) in [6, 6.07) is 11.7. The van der Waals surface area contributed by atoms with Crippen molar-refractivity contribution in [1.82, 2.24) is 4.98 Å². The van der Waals surface area contributed by atoms with Crippen LogP contribution in [0.5, 0.6) is 0 Å². The molecule has 1 aromatic heterocycles. The van der Waals surface area contributed by atoms with Gasteiger partial charge in [0.25, 0.3) is 0 Å². The fourth-order valence-electron chi connectivity index (χ4n) is 2.14. The van der Waals surface area contributed by atoms with E-state index in [9.17, 15) is 4.79 Å². The molecule has 2 nitrogen and oxygen atoms in total. The molecule has 0 saturated heterocycles. The third kappa shape index (κ3) is 3.74. The van der Waals surface area contributed by atoms with E-state index >= 15 is 0 Å². The molecule has 0 saturated carbocycles. The van der Waals surface area contributed by atoms with E-state index in [-0.39, 0.29) is 11.7 Å². The summed E-state index contributed by atoms with van der Waals surface area (Å²) in [4.78, 5) is 16.2. The molecule has 0 radical (unpaired) electrons. The van der Waals surface area contributed by atoms with Gasteiger partial charge in [0, 0.05) is 28.9 Å². The number of carbonyl (C=O) groups is 1. The standard InChI is InChI=1S/C16H16BrNO/c1-2-12(14-4-3-5-15(17)10-14)11-16(19)13-6-8-18-9-7-13/h3-10,12H,2,11H2,1H3. The second kappa shape index (κ2) is 6.62. The van der Waals surface area contributed by atoms with E-state index in [4.69, 9.17) is 0 Å². The third-order valence-electron chi connectivity index (χ3n) is 3.25. The van der Waals surface area contributed by atoms with Crippen LogP contribution in [0.2, 0.25) is 0 Å². The Hall–Kier alpha value is -1.48. The first-order valence-corrected chi connectivity index (χ1v) is 7.18. The highest BCUT2D eigenvalue weighted by atomic mass is 79.9. The third-order valence-corrected chi connectivity index (χ3v) is 3.74. The lowest BCUT2D eigenvalue weighted by Gasteiger charge is -2.15. The van der Waals surface area contributed by atoms with Gasteiger partial charge in [0.2, 0.25) is 0 Å². The summed E-state index contributed by atoms with van der Waals surface area (Å²) in [5.74, 6) is 0.437. The van der Waals surface area contributed by atoms with Crippen LogP contribution >= 0.6 is 15.9 Å². The number of rotatable bonds is 5. The molecule has 0 amide bonds. The van der Waals surface area contributed by atoms with Gasteiger partial charge >= 0.3 is 0 Å². The maximum absolute atomic E-state index is 12.2. The van der Waals surface area contributed by atoms with E-state index in [1.807, 2.05) is 12.1 Å². The van der Waals surface area contributed by atoms with Gasteiger partial charge in [-0.05, 0) is 42.2 Å². The molecule has 0 fully saturated rings. The van der Waals surface area contributed by atoms with E-state index in [1.54, 1.807) is 24.5 Å². The van der Waals surface area contributed by atoms with Crippen molar-refractivity contribution < 1.29 is 4.79 Å². The summed E-state index contributed by atoms with van der Waals surface area (Å²) in [5.41, 5.74) is 1.95.